The van der Waals surface area contributed by atoms with E-state index in [4.69, 9.17) is 0 Å². The molecule has 5 heteroatoms. The van der Waals surface area contributed by atoms with Gasteiger partial charge < -0.3 is 5.11 Å². The number of allylic oxidation sites excluding steroid dienone is 6. The Bertz CT molecular complexity index is 987. The summed E-state index contributed by atoms with van der Waals surface area (Å²) in [4.78, 5) is 25.2. The van der Waals surface area contributed by atoms with Crippen molar-refractivity contribution >= 4 is 11.6 Å². The third kappa shape index (κ3) is 2.49. The normalized spacial score (nSPS) is 33.7. The smallest absolute Gasteiger partial charge is 0.196 e. The molecule has 27 heavy (non-hydrogen) atoms. The van der Waals surface area contributed by atoms with Crippen LogP contribution in [0.1, 0.15) is 33.6 Å². The fourth-order valence-electron chi connectivity index (χ4n) is 5.13. The molecule has 1 N–H and O–H groups in total. The molecule has 3 rings (SSSR count). The fourth-order valence-corrected chi connectivity index (χ4v) is 5.13. The maximum absolute atomic E-state index is 12.8. The zero-order chi connectivity index (χ0) is 20.0. The first-order valence-corrected chi connectivity index (χ1v) is 8.85. The zero-order valence-electron chi connectivity index (χ0n) is 15.6. The van der Waals surface area contributed by atoms with Gasteiger partial charge >= 0.3 is 0 Å². The van der Waals surface area contributed by atoms with E-state index >= 15 is 0 Å². The number of ketones is 2. The van der Waals surface area contributed by atoms with Gasteiger partial charge in [-0.2, -0.15) is 10.5 Å². The van der Waals surface area contributed by atoms with E-state index in [1.54, 1.807) is 12.2 Å². The highest BCUT2D eigenvalue weighted by atomic mass is 16.2. The molecule has 0 aromatic heterocycles. The topological polar surface area (TPSA) is 102 Å². The van der Waals surface area contributed by atoms with Gasteiger partial charge in [-0.3, -0.25) is 9.59 Å². The predicted octanol–water partition coefficient (Wildman–Crippen LogP) is 2.40. The maximum atomic E-state index is 12.8. The summed E-state index contributed by atoms with van der Waals surface area (Å²) in [5, 5.41) is 28.0. The summed E-state index contributed by atoms with van der Waals surface area (Å²) < 4.78 is 0. The van der Waals surface area contributed by atoms with Crippen molar-refractivity contribution in [2.45, 2.75) is 33.6 Å². The minimum atomic E-state index is -0.861. The van der Waals surface area contributed by atoms with Crippen LogP contribution in [-0.2, 0) is 9.59 Å². The number of rotatable bonds is 0. The van der Waals surface area contributed by atoms with Gasteiger partial charge in [0.25, 0.3) is 0 Å². The third-order valence-electron chi connectivity index (χ3n) is 6.32. The number of aliphatic hydroxyl groups excluding tert-OH is 1. The summed E-state index contributed by atoms with van der Waals surface area (Å²) in [7, 11) is 0. The summed E-state index contributed by atoms with van der Waals surface area (Å²) in [6.45, 7) is 5.29. The molecular weight excluding hydrogens is 340 g/mol. The number of Topliss-reactive ketones (excluding diaryl/α,β-unsaturated/α-hetero) is 1. The van der Waals surface area contributed by atoms with Crippen molar-refractivity contribution in [3.05, 3.63) is 34.9 Å². The average Bonchev–Trinajstić information content (AvgIpc) is 2.63. The lowest BCUT2D eigenvalue weighted by Crippen LogP contribution is -2.53. The van der Waals surface area contributed by atoms with Crippen LogP contribution in [0, 0.1) is 56.7 Å². The molecule has 1 fully saturated rings. The van der Waals surface area contributed by atoms with Crippen molar-refractivity contribution < 1.29 is 14.7 Å². The number of carbonyl (C=O) groups is 2. The van der Waals surface area contributed by atoms with Gasteiger partial charge in [0.2, 0.25) is 0 Å². The SMILES string of the molecule is CC1(C)C(=O)C(C#N)=C[C@]2(C)C3=CC(=O)C(C#N)=C[C@@]3(C#CCO)CC[C@@H]12. The van der Waals surface area contributed by atoms with Crippen molar-refractivity contribution in [2.24, 2.45) is 22.2 Å². The molecule has 3 aliphatic rings. The third-order valence-corrected chi connectivity index (χ3v) is 6.32. The van der Waals surface area contributed by atoms with Crippen molar-refractivity contribution in [3.63, 3.8) is 0 Å². The zero-order valence-corrected chi connectivity index (χ0v) is 15.6. The number of nitriles is 2. The summed E-state index contributed by atoms with van der Waals surface area (Å²) in [5.74, 6) is 5.06. The Balaban J connectivity index is 2.31. The Morgan fingerprint density at radius 1 is 1.15 bits per heavy atom. The second kappa shape index (κ2) is 6.05. The molecule has 0 amide bonds. The predicted molar refractivity (Wildman–Crippen MR) is 97.4 cm³/mol. The molecular formula is C22H20N2O3. The molecule has 0 aromatic rings. The second-order valence-electron chi connectivity index (χ2n) is 8.12. The van der Waals surface area contributed by atoms with Crippen molar-refractivity contribution in [2.75, 3.05) is 6.61 Å². The number of nitrogens with zero attached hydrogens (tertiary/aromatic N) is 2. The van der Waals surface area contributed by atoms with E-state index in [0.29, 0.717) is 18.4 Å². The molecule has 0 bridgehead atoms. The summed E-state index contributed by atoms with van der Waals surface area (Å²) in [5.41, 5.74) is -1.52. The van der Waals surface area contributed by atoms with Crippen LogP contribution in [0.3, 0.4) is 0 Å². The monoisotopic (exact) mass is 360 g/mol. The van der Waals surface area contributed by atoms with Crippen LogP contribution < -0.4 is 0 Å². The standard InChI is InChI=1S/C22H20N2O3/c1-20(2)17-5-7-22(6-4-8-25)11-14(12-23)16(26)9-18(22)21(17,3)10-15(13-24)19(20)27/h9-11,17,25H,5,7-8H2,1-3H3/t17-,21-,22+/m0/s1. The quantitative estimate of drug-likeness (QED) is 0.668. The maximum Gasteiger partial charge on any atom is 0.196 e. The molecule has 0 aromatic carbocycles. The Kier molecular flexibility index (Phi) is 4.22. The highest BCUT2D eigenvalue weighted by Gasteiger charge is 2.59. The van der Waals surface area contributed by atoms with E-state index in [0.717, 1.165) is 0 Å². The molecule has 0 radical (unpaired) electrons. The van der Waals surface area contributed by atoms with Crippen molar-refractivity contribution in [1.82, 2.24) is 0 Å². The van der Waals surface area contributed by atoms with E-state index in [9.17, 15) is 25.2 Å². The first-order chi connectivity index (χ1) is 12.7. The van der Waals surface area contributed by atoms with Gasteiger partial charge in [-0.15, -0.1) is 0 Å². The number of hydrogen-bond acceptors (Lipinski definition) is 5. The molecule has 0 heterocycles. The number of aliphatic hydroxyl groups is 1. The molecule has 3 aliphatic carbocycles. The highest BCUT2D eigenvalue weighted by Crippen LogP contribution is 2.63. The van der Waals surface area contributed by atoms with Gasteiger partial charge in [-0.25, -0.2) is 0 Å². The van der Waals surface area contributed by atoms with Crippen molar-refractivity contribution in [1.29, 1.82) is 10.5 Å². The van der Waals surface area contributed by atoms with Crippen LogP contribution in [0.25, 0.3) is 0 Å². The Morgan fingerprint density at radius 2 is 1.81 bits per heavy atom. The first kappa shape index (κ1) is 18.8. The Labute approximate surface area is 158 Å². The lowest BCUT2D eigenvalue weighted by Gasteiger charge is -2.56. The average molecular weight is 360 g/mol. The Morgan fingerprint density at radius 3 is 2.41 bits per heavy atom. The van der Waals surface area contributed by atoms with Gasteiger partial charge in [-0.1, -0.05) is 38.7 Å². The van der Waals surface area contributed by atoms with E-state index in [1.807, 2.05) is 32.9 Å². The van der Waals surface area contributed by atoms with Crippen LogP contribution in [0.4, 0.5) is 0 Å². The number of hydrogen-bond donors (Lipinski definition) is 1. The number of carbonyl (C=O) groups excluding carboxylic acids is 2. The molecule has 3 atom stereocenters. The minimum Gasteiger partial charge on any atom is -0.384 e. The molecule has 0 aliphatic heterocycles. The molecule has 5 nitrogen and oxygen atoms in total. The van der Waals surface area contributed by atoms with Gasteiger partial charge in [0, 0.05) is 10.8 Å². The first-order valence-electron chi connectivity index (χ1n) is 8.85. The van der Waals surface area contributed by atoms with Gasteiger partial charge in [0.1, 0.15) is 18.7 Å². The van der Waals surface area contributed by atoms with Crippen LogP contribution in [0.15, 0.2) is 34.9 Å². The van der Waals surface area contributed by atoms with Crippen molar-refractivity contribution in [3.8, 4) is 24.0 Å². The van der Waals surface area contributed by atoms with Gasteiger partial charge in [-0.05, 0) is 36.5 Å². The summed E-state index contributed by atoms with van der Waals surface area (Å²) >= 11 is 0. The highest BCUT2D eigenvalue weighted by molar-refractivity contribution is 6.09. The van der Waals surface area contributed by atoms with Gasteiger partial charge in [0.15, 0.2) is 11.6 Å². The van der Waals surface area contributed by atoms with Crippen LogP contribution >= 0.6 is 0 Å². The fraction of sp³-hybridized carbons (Fsp3) is 0.455. The van der Waals surface area contributed by atoms with E-state index in [1.165, 1.54) is 6.08 Å². The van der Waals surface area contributed by atoms with Crippen LogP contribution in [0.2, 0.25) is 0 Å². The van der Waals surface area contributed by atoms with E-state index in [2.05, 4.69) is 11.8 Å². The summed E-state index contributed by atoms with van der Waals surface area (Å²) in [6.07, 6.45) is 5.90. The summed E-state index contributed by atoms with van der Waals surface area (Å²) in [6, 6.07) is 3.94. The Hall–Kier alpha value is -2.94. The van der Waals surface area contributed by atoms with Crippen LogP contribution in [-0.4, -0.2) is 23.3 Å². The van der Waals surface area contributed by atoms with Crippen LogP contribution in [0.5, 0.6) is 0 Å². The molecule has 0 saturated heterocycles. The van der Waals surface area contributed by atoms with E-state index < -0.39 is 22.0 Å². The molecule has 0 unspecified atom stereocenters. The second-order valence-corrected chi connectivity index (χ2v) is 8.12. The largest absolute Gasteiger partial charge is 0.384 e. The molecule has 0 spiro atoms. The lowest BCUT2D eigenvalue weighted by molar-refractivity contribution is -0.130. The van der Waals surface area contributed by atoms with Gasteiger partial charge in [0.05, 0.1) is 16.6 Å². The van der Waals surface area contributed by atoms with E-state index in [-0.39, 0.29) is 29.5 Å². The minimum absolute atomic E-state index is 0.0312. The lowest BCUT2D eigenvalue weighted by atomic mass is 9.45. The number of fused-ring (bicyclic) bond motifs is 3. The molecule has 1 saturated carbocycles. The molecule has 136 valence electrons.